The average molecular weight is 353 g/mol. The highest BCUT2D eigenvalue weighted by Gasteiger charge is 2.26. The molecule has 0 bridgehead atoms. The van der Waals surface area contributed by atoms with Crippen LogP contribution in [-0.4, -0.2) is 29.4 Å². The maximum atomic E-state index is 12.9. The summed E-state index contributed by atoms with van der Waals surface area (Å²) < 4.78 is 18.1. The minimum Gasteiger partial charge on any atom is -0.449 e. The fourth-order valence-electron chi connectivity index (χ4n) is 2.94. The number of rotatable bonds is 4. The monoisotopic (exact) mass is 353 g/mol. The molecule has 2 aromatic carbocycles. The molecule has 1 aliphatic heterocycles. The Bertz CT molecular complexity index is 829. The standard InChI is InChI=1S/C21H20FNO3/c1-15(26-20(24)11-8-16-6-9-19(22)10-7-16)21(25)23-13-12-17-4-2-3-5-18(17)14-23/h2-11,15H,12-14H2,1H3/b11-8+/t15-/m0/s1. The molecule has 1 heterocycles. The Morgan fingerprint density at radius 3 is 2.54 bits per heavy atom. The summed E-state index contributed by atoms with van der Waals surface area (Å²) >= 11 is 0. The quantitative estimate of drug-likeness (QED) is 0.625. The maximum Gasteiger partial charge on any atom is 0.331 e. The van der Waals surface area contributed by atoms with Crippen LogP contribution in [0.25, 0.3) is 6.08 Å². The molecule has 0 saturated carbocycles. The van der Waals surface area contributed by atoms with Gasteiger partial charge in [0.2, 0.25) is 0 Å². The molecule has 0 unspecified atom stereocenters. The molecule has 0 N–H and O–H groups in total. The number of benzene rings is 2. The van der Waals surface area contributed by atoms with Gasteiger partial charge in [0.05, 0.1) is 0 Å². The number of carbonyl (C=O) groups excluding carboxylic acids is 2. The Balaban J connectivity index is 1.55. The lowest BCUT2D eigenvalue weighted by atomic mass is 9.99. The van der Waals surface area contributed by atoms with E-state index in [0.29, 0.717) is 18.7 Å². The third-order valence-electron chi connectivity index (χ3n) is 4.36. The van der Waals surface area contributed by atoms with Crippen molar-refractivity contribution in [1.82, 2.24) is 4.90 Å². The molecule has 1 amide bonds. The highest BCUT2D eigenvalue weighted by Crippen LogP contribution is 2.19. The summed E-state index contributed by atoms with van der Waals surface area (Å²) in [6.45, 7) is 2.72. The van der Waals surface area contributed by atoms with E-state index in [-0.39, 0.29) is 11.7 Å². The number of fused-ring (bicyclic) bond motifs is 1. The molecule has 0 fully saturated rings. The Kier molecular flexibility index (Phi) is 5.46. The third kappa shape index (κ3) is 4.36. The predicted octanol–water partition coefficient (Wildman–Crippen LogP) is 3.36. The normalized spacial score (nSPS) is 14.8. The zero-order valence-electron chi connectivity index (χ0n) is 14.5. The van der Waals surface area contributed by atoms with Crippen molar-refractivity contribution >= 4 is 18.0 Å². The Labute approximate surface area is 151 Å². The summed E-state index contributed by atoms with van der Waals surface area (Å²) in [4.78, 5) is 26.2. The Morgan fingerprint density at radius 1 is 1.12 bits per heavy atom. The van der Waals surface area contributed by atoms with Gasteiger partial charge in [0, 0.05) is 19.2 Å². The van der Waals surface area contributed by atoms with E-state index in [4.69, 9.17) is 4.74 Å². The first-order valence-electron chi connectivity index (χ1n) is 8.53. The highest BCUT2D eigenvalue weighted by molar-refractivity contribution is 5.90. The van der Waals surface area contributed by atoms with Gasteiger partial charge in [-0.2, -0.15) is 0 Å². The summed E-state index contributed by atoms with van der Waals surface area (Å²) in [6.07, 6.45) is 2.71. The summed E-state index contributed by atoms with van der Waals surface area (Å²) in [5.74, 6) is -1.15. The van der Waals surface area contributed by atoms with Gasteiger partial charge in [-0.15, -0.1) is 0 Å². The molecule has 3 rings (SSSR count). The zero-order chi connectivity index (χ0) is 18.5. The summed E-state index contributed by atoms with van der Waals surface area (Å²) in [5, 5.41) is 0. The highest BCUT2D eigenvalue weighted by atomic mass is 19.1. The van der Waals surface area contributed by atoms with E-state index in [0.717, 1.165) is 12.0 Å². The summed E-state index contributed by atoms with van der Waals surface area (Å²) in [7, 11) is 0. The molecule has 0 aromatic heterocycles. The number of halogens is 1. The van der Waals surface area contributed by atoms with Gasteiger partial charge in [0.25, 0.3) is 5.91 Å². The van der Waals surface area contributed by atoms with Crippen LogP contribution >= 0.6 is 0 Å². The van der Waals surface area contributed by atoms with Gasteiger partial charge in [-0.05, 0) is 48.2 Å². The van der Waals surface area contributed by atoms with E-state index < -0.39 is 12.1 Å². The van der Waals surface area contributed by atoms with Crippen molar-refractivity contribution in [2.45, 2.75) is 26.0 Å². The molecule has 2 aromatic rings. The van der Waals surface area contributed by atoms with Crippen LogP contribution in [0.15, 0.2) is 54.6 Å². The van der Waals surface area contributed by atoms with Crippen molar-refractivity contribution in [1.29, 1.82) is 0 Å². The minimum absolute atomic E-state index is 0.206. The van der Waals surface area contributed by atoms with Crippen LogP contribution in [-0.2, 0) is 27.3 Å². The van der Waals surface area contributed by atoms with Gasteiger partial charge in [0.15, 0.2) is 6.10 Å². The lowest BCUT2D eigenvalue weighted by Crippen LogP contribution is -2.42. The summed E-state index contributed by atoms with van der Waals surface area (Å²) in [5.41, 5.74) is 3.06. The van der Waals surface area contributed by atoms with Crippen molar-refractivity contribution in [2.24, 2.45) is 0 Å². The molecule has 0 radical (unpaired) electrons. The van der Waals surface area contributed by atoms with Gasteiger partial charge in [0.1, 0.15) is 5.82 Å². The number of esters is 1. The number of amides is 1. The number of carbonyl (C=O) groups is 2. The third-order valence-corrected chi connectivity index (χ3v) is 4.36. The lowest BCUT2D eigenvalue weighted by molar-refractivity contribution is -0.155. The Hall–Kier alpha value is -2.95. The van der Waals surface area contributed by atoms with E-state index >= 15 is 0 Å². The van der Waals surface area contributed by atoms with Crippen LogP contribution in [0.1, 0.15) is 23.6 Å². The molecule has 0 aliphatic carbocycles. The van der Waals surface area contributed by atoms with Crippen LogP contribution in [0, 0.1) is 5.82 Å². The van der Waals surface area contributed by atoms with Gasteiger partial charge >= 0.3 is 5.97 Å². The fourth-order valence-corrected chi connectivity index (χ4v) is 2.94. The number of hydrogen-bond donors (Lipinski definition) is 0. The average Bonchev–Trinajstić information content (AvgIpc) is 2.66. The first-order chi connectivity index (χ1) is 12.5. The van der Waals surface area contributed by atoms with E-state index in [1.54, 1.807) is 24.0 Å². The van der Waals surface area contributed by atoms with Crippen molar-refractivity contribution in [3.05, 3.63) is 77.1 Å². The van der Waals surface area contributed by atoms with Crippen molar-refractivity contribution in [2.75, 3.05) is 6.54 Å². The first-order valence-corrected chi connectivity index (χ1v) is 8.53. The molecule has 0 saturated heterocycles. The predicted molar refractivity (Wildman–Crippen MR) is 96.6 cm³/mol. The zero-order valence-corrected chi connectivity index (χ0v) is 14.5. The Morgan fingerprint density at radius 2 is 1.81 bits per heavy atom. The minimum atomic E-state index is -0.856. The number of hydrogen-bond acceptors (Lipinski definition) is 3. The van der Waals surface area contributed by atoms with Crippen molar-refractivity contribution < 1.29 is 18.7 Å². The lowest BCUT2D eigenvalue weighted by Gasteiger charge is -2.30. The van der Waals surface area contributed by atoms with Crippen LogP contribution in [0.4, 0.5) is 4.39 Å². The van der Waals surface area contributed by atoms with Crippen molar-refractivity contribution in [3.63, 3.8) is 0 Å². The van der Waals surface area contributed by atoms with E-state index in [2.05, 4.69) is 6.07 Å². The van der Waals surface area contributed by atoms with Gasteiger partial charge in [-0.25, -0.2) is 9.18 Å². The van der Waals surface area contributed by atoms with Crippen LogP contribution in [0.3, 0.4) is 0 Å². The van der Waals surface area contributed by atoms with E-state index in [1.165, 1.54) is 29.8 Å². The van der Waals surface area contributed by atoms with E-state index in [1.807, 2.05) is 18.2 Å². The largest absolute Gasteiger partial charge is 0.449 e. The first kappa shape index (κ1) is 17.9. The van der Waals surface area contributed by atoms with Gasteiger partial charge < -0.3 is 9.64 Å². The summed E-state index contributed by atoms with van der Waals surface area (Å²) in [6, 6.07) is 13.8. The van der Waals surface area contributed by atoms with E-state index in [9.17, 15) is 14.0 Å². The second-order valence-corrected chi connectivity index (χ2v) is 6.24. The maximum absolute atomic E-state index is 12.9. The fraction of sp³-hybridized carbons (Fsp3) is 0.238. The molecule has 4 nitrogen and oxygen atoms in total. The number of nitrogens with zero attached hydrogens (tertiary/aromatic N) is 1. The SMILES string of the molecule is C[C@H](OC(=O)/C=C/c1ccc(F)cc1)C(=O)N1CCc2ccccc2C1. The molecular formula is C21H20FNO3. The smallest absolute Gasteiger partial charge is 0.331 e. The molecule has 5 heteroatoms. The van der Waals surface area contributed by atoms with Crippen LogP contribution < -0.4 is 0 Å². The molecule has 1 aliphatic rings. The topological polar surface area (TPSA) is 46.6 Å². The molecule has 26 heavy (non-hydrogen) atoms. The van der Waals surface area contributed by atoms with Gasteiger partial charge in [-0.3, -0.25) is 4.79 Å². The second-order valence-electron chi connectivity index (χ2n) is 6.24. The van der Waals surface area contributed by atoms with Crippen molar-refractivity contribution in [3.8, 4) is 0 Å². The second kappa shape index (κ2) is 7.95. The molecular weight excluding hydrogens is 333 g/mol. The van der Waals surface area contributed by atoms with Gasteiger partial charge in [-0.1, -0.05) is 36.4 Å². The van der Waals surface area contributed by atoms with Crippen LogP contribution in [0.2, 0.25) is 0 Å². The molecule has 134 valence electrons. The number of ether oxygens (including phenoxy) is 1. The molecule has 0 spiro atoms. The van der Waals surface area contributed by atoms with Crippen LogP contribution in [0.5, 0.6) is 0 Å². The molecule has 1 atom stereocenters.